The van der Waals surface area contributed by atoms with Gasteiger partial charge in [-0.25, -0.2) is 0 Å². The molecule has 2 N–H and O–H groups in total. The van der Waals surface area contributed by atoms with E-state index in [0.717, 1.165) is 21.3 Å². The lowest BCUT2D eigenvalue weighted by Gasteiger charge is -2.01. The van der Waals surface area contributed by atoms with Gasteiger partial charge in [-0.2, -0.15) is 9.61 Å². The second-order valence-corrected chi connectivity index (χ2v) is 5.17. The minimum atomic E-state index is -0.107. The monoisotopic (exact) mass is 275 g/mol. The number of aromatic nitrogens is 4. The predicted molar refractivity (Wildman–Crippen MR) is 73.2 cm³/mol. The van der Waals surface area contributed by atoms with Crippen molar-refractivity contribution in [1.29, 1.82) is 0 Å². The summed E-state index contributed by atoms with van der Waals surface area (Å²) in [5, 5.41) is 13.6. The van der Waals surface area contributed by atoms with Crippen molar-refractivity contribution in [1.82, 2.24) is 19.8 Å². The molecule has 0 aliphatic carbocycles. The van der Waals surface area contributed by atoms with Crippen molar-refractivity contribution < 1.29 is 4.74 Å². The predicted octanol–water partition coefficient (Wildman–Crippen LogP) is 1.88. The average molecular weight is 275 g/mol. The minimum Gasteiger partial charge on any atom is -0.497 e. The first-order valence-electron chi connectivity index (χ1n) is 5.81. The first kappa shape index (κ1) is 12.1. The van der Waals surface area contributed by atoms with Crippen molar-refractivity contribution in [2.45, 2.75) is 13.0 Å². The van der Waals surface area contributed by atoms with Gasteiger partial charge in [-0.05, 0) is 19.1 Å². The molecule has 0 amide bonds. The standard InChI is InChI=1S/C12H13N5OS/c1-7(13)11-16-17-10(14-15-12(17)19-11)8-4-3-5-9(6-8)18-2/h3-7H,13H2,1-2H3. The maximum absolute atomic E-state index is 5.84. The summed E-state index contributed by atoms with van der Waals surface area (Å²) in [6.45, 7) is 1.90. The van der Waals surface area contributed by atoms with Gasteiger partial charge in [0.15, 0.2) is 5.82 Å². The van der Waals surface area contributed by atoms with Crippen LogP contribution in [0.25, 0.3) is 16.3 Å². The van der Waals surface area contributed by atoms with Crippen molar-refractivity contribution in [2.24, 2.45) is 5.73 Å². The highest BCUT2D eigenvalue weighted by Crippen LogP contribution is 2.25. The Morgan fingerprint density at radius 2 is 2.21 bits per heavy atom. The number of nitrogens with two attached hydrogens (primary N) is 1. The molecule has 2 aromatic heterocycles. The van der Waals surface area contributed by atoms with Gasteiger partial charge in [-0.15, -0.1) is 10.2 Å². The zero-order valence-electron chi connectivity index (χ0n) is 10.6. The van der Waals surface area contributed by atoms with Crippen LogP contribution in [-0.4, -0.2) is 26.9 Å². The Morgan fingerprint density at radius 3 is 2.95 bits per heavy atom. The number of hydrogen-bond acceptors (Lipinski definition) is 6. The molecule has 1 atom stereocenters. The Kier molecular flexibility index (Phi) is 2.92. The summed E-state index contributed by atoms with van der Waals surface area (Å²) in [7, 11) is 1.63. The first-order valence-corrected chi connectivity index (χ1v) is 6.63. The van der Waals surface area contributed by atoms with Crippen LogP contribution in [0.15, 0.2) is 24.3 Å². The number of hydrogen-bond donors (Lipinski definition) is 1. The molecular formula is C12H13N5OS. The molecule has 3 aromatic rings. The van der Waals surface area contributed by atoms with Gasteiger partial charge in [0.2, 0.25) is 4.96 Å². The van der Waals surface area contributed by atoms with Crippen molar-refractivity contribution in [3.05, 3.63) is 29.3 Å². The molecule has 2 heterocycles. The highest BCUT2D eigenvalue weighted by Gasteiger charge is 2.15. The third-order valence-corrected chi connectivity index (χ3v) is 3.82. The Morgan fingerprint density at radius 1 is 1.37 bits per heavy atom. The van der Waals surface area contributed by atoms with Crippen LogP contribution in [0.5, 0.6) is 5.75 Å². The molecule has 0 fully saturated rings. The van der Waals surface area contributed by atoms with E-state index in [2.05, 4.69) is 15.3 Å². The van der Waals surface area contributed by atoms with E-state index >= 15 is 0 Å². The van der Waals surface area contributed by atoms with Gasteiger partial charge in [0, 0.05) is 5.56 Å². The normalized spacial score (nSPS) is 12.8. The van der Waals surface area contributed by atoms with Gasteiger partial charge in [-0.3, -0.25) is 0 Å². The molecular weight excluding hydrogens is 262 g/mol. The van der Waals surface area contributed by atoms with E-state index < -0.39 is 0 Å². The smallest absolute Gasteiger partial charge is 0.235 e. The fourth-order valence-corrected chi connectivity index (χ4v) is 2.55. The fourth-order valence-electron chi connectivity index (χ4n) is 1.76. The molecule has 0 aliphatic heterocycles. The van der Waals surface area contributed by atoms with E-state index in [4.69, 9.17) is 10.5 Å². The number of fused-ring (bicyclic) bond motifs is 1. The van der Waals surface area contributed by atoms with Crippen molar-refractivity contribution in [3.63, 3.8) is 0 Å². The van der Waals surface area contributed by atoms with Crippen LogP contribution in [0.4, 0.5) is 0 Å². The topological polar surface area (TPSA) is 78.3 Å². The molecule has 19 heavy (non-hydrogen) atoms. The van der Waals surface area contributed by atoms with Crippen LogP contribution in [0.2, 0.25) is 0 Å². The molecule has 0 spiro atoms. The highest BCUT2D eigenvalue weighted by atomic mass is 32.1. The molecule has 1 aromatic carbocycles. The van der Waals surface area contributed by atoms with Crippen molar-refractivity contribution in [3.8, 4) is 17.1 Å². The number of methoxy groups -OCH3 is 1. The second kappa shape index (κ2) is 4.60. The highest BCUT2D eigenvalue weighted by molar-refractivity contribution is 7.16. The summed E-state index contributed by atoms with van der Waals surface area (Å²) < 4.78 is 6.93. The third kappa shape index (κ3) is 2.06. The largest absolute Gasteiger partial charge is 0.497 e. The third-order valence-electron chi connectivity index (χ3n) is 2.72. The summed E-state index contributed by atoms with van der Waals surface area (Å²) in [6.07, 6.45) is 0. The Balaban J connectivity index is 2.13. The average Bonchev–Trinajstić information content (AvgIpc) is 2.98. The lowest BCUT2D eigenvalue weighted by molar-refractivity contribution is 0.415. The number of benzene rings is 1. The SMILES string of the molecule is COc1cccc(-c2nnc3sc(C(C)N)nn23)c1. The van der Waals surface area contributed by atoms with Crippen LogP contribution < -0.4 is 10.5 Å². The van der Waals surface area contributed by atoms with E-state index in [1.165, 1.54) is 11.3 Å². The molecule has 6 nitrogen and oxygen atoms in total. The van der Waals surface area contributed by atoms with Gasteiger partial charge in [0.05, 0.1) is 13.2 Å². The van der Waals surface area contributed by atoms with Gasteiger partial charge in [-0.1, -0.05) is 23.5 Å². The summed E-state index contributed by atoms with van der Waals surface area (Å²) in [4.78, 5) is 0.741. The zero-order chi connectivity index (χ0) is 13.4. The van der Waals surface area contributed by atoms with Crippen LogP contribution in [0.1, 0.15) is 18.0 Å². The number of rotatable bonds is 3. The van der Waals surface area contributed by atoms with Crippen molar-refractivity contribution >= 4 is 16.3 Å². The van der Waals surface area contributed by atoms with Crippen LogP contribution in [0.3, 0.4) is 0 Å². The maximum atomic E-state index is 5.84. The lowest BCUT2D eigenvalue weighted by Crippen LogP contribution is -2.05. The van der Waals surface area contributed by atoms with Crippen LogP contribution >= 0.6 is 11.3 Å². The Hall–Kier alpha value is -1.99. The molecule has 1 unspecified atom stereocenters. The molecule has 0 saturated carbocycles. The van der Waals surface area contributed by atoms with E-state index in [1.54, 1.807) is 11.6 Å². The van der Waals surface area contributed by atoms with Crippen molar-refractivity contribution in [2.75, 3.05) is 7.11 Å². The van der Waals surface area contributed by atoms with E-state index in [0.29, 0.717) is 5.82 Å². The maximum Gasteiger partial charge on any atom is 0.235 e. The zero-order valence-corrected chi connectivity index (χ0v) is 11.4. The summed E-state index contributed by atoms with van der Waals surface area (Å²) in [5.41, 5.74) is 6.75. The molecule has 0 saturated heterocycles. The van der Waals surface area contributed by atoms with Gasteiger partial charge in [0.25, 0.3) is 0 Å². The minimum absolute atomic E-state index is 0.107. The number of nitrogens with zero attached hydrogens (tertiary/aromatic N) is 4. The summed E-state index contributed by atoms with van der Waals surface area (Å²) in [6, 6.07) is 7.54. The molecule has 0 radical (unpaired) electrons. The lowest BCUT2D eigenvalue weighted by atomic mass is 10.2. The quantitative estimate of drug-likeness (QED) is 0.789. The van der Waals surface area contributed by atoms with E-state index in [-0.39, 0.29) is 6.04 Å². The van der Waals surface area contributed by atoms with E-state index in [9.17, 15) is 0 Å². The van der Waals surface area contributed by atoms with E-state index in [1.807, 2.05) is 31.2 Å². The van der Waals surface area contributed by atoms with Crippen LogP contribution in [-0.2, 0) is 0 Å². The Labute approximate surface area is 113 Å². The summed E-state index contributed by atoms with van der Waals surface area (Å²) in [5.74, 6) is 1.47. The number of ether oxygens (including phenoxy) is 1. The molecule has 98 valence electrons. The first-order chi connectivity index (χ1) is 9.19. The van der Waals surface area contributed by atoms with Crippen LogP contribution in [0, 0.1) is 0 Å². The molecule has 0 bridgehead atoms. The summed E-state index contributed by atoms with van der Waals surface area (Å²) >= 11 is 1.45. The fraction of sp³-hybridized carbons (Fsp3) is 0.250. The van der Waals surface area contributed by atoms with Gasteiger partial charge in [0.1, 0.15) is 10.8 Å². The molecule has 7 heteroatoms. The molecule has 0 aliphatic rings. The molecule has 3 rings (SSSR count). The second-order valence-electron chi connectivity index (χ2n) is 4.18. The Bertz CT molecular complexity index is 718. The van der Waals surface area contributed by atoms with Gasteiger partial charge >= 0.3 is 0 Å². The van der Waals surface area contributed by atoms with Gasteiger partial charge < -0.3 is 10.5 Å².